The minimum atomic E-state index is -3.31. The van der Waals surface area contributed by atoms with Gasteiger partial charge in [0, 0.05) is 41.6 Å². The Labute approximate surface area is 222 Å². The maximum Gasteiger partial charge on any atom is 0.410 e. The predicted octanol–water partition coefficient (Wildman–Crippen LogP) is 5.67. The summed E-state index contributed by atoms with van der Waals surface area (Å²) in [4.78, 5) is 30.7. The first-order valence-electron chi connectivity index (χ1n) is 11.8. The van der Waals surface area contributed by atoms with Crippen LogP contribution in [0.25, 0.3) is 0 Å². The van der Waals surface area contributed by atoms with E-state index in [4.69, 9.17) is 9.47 Å². The normalized spacial score (nSPS) is 13.7. The fraction of sp³-hybridized carbons (Fsp3) is 0.370. The minimum Gasteiger partial charge on any atom is -0.487 e. The van der Waals surface area contributed by atoms with Crippen LogP contribution < -0.4 is 10.3 Å². The fourth-order valence-electron chi connectivity index (χ4n) is 3.93. The number of rotatable bonds is 6. The lowest BCUT2D eigenvalue weighted by Crippen LogP contribution is -2.40. The van der Waals surface area contributed by atoms with E-state index in [1.165, 1.54) is 35.4 Å². The maximum atomic E-state index is 15.3. The number of carbonyl (C=O) groups is 1. The summed E-state index contributed by atoms with van der Waals surface area (Å²) in [7, 11) is 0. The molecule has 0 radical (unpaired) electrons. The zero-order valence-corrected chi connectivity index (χ0v) is 22.4. The molecular weight excluding hydrogens is 548 g/mol. The number of amides is 1. The van der Waals surface area contributed by atoms with Crippen LogP contribution in [0.5, 0.6) is 5.75 Å². The topological polar surface area (TPSA) is 73.7 Å². The molecule has 0 atom stereocenters. The van der Waals surface area contributed by atoms with Gasteiger partial charge in [0.05, 0.1) is 12.2 Å². The number of benzene rings is 1. The number of pyridine rings is 2. The Bertz CT molecular complexity index is 1340. The van der Waals surface area contributed by atoms with Crippen LogP contribution in [0.1, 0.15) is 43.2 Å². The number of carbonyl (C=O) groups excluding carboxylic acids is 1. The van der Waals surface area contributed by atoms with Crippen molar-refractivity contribution in [1.82, 2.24) is 14.5 Å². The third-order valence-electron chi connectivity index (χ3n) is 5.80. The van der Waals surface area contributed by atoms with Crippen LogP contribution in [0.3, 0.4) is 0 Å². The lowest BCUT2D eigenvalue weighted by Gasteiger charge is -2.31. The van der Waals surface area contributed by atoms with Crippen LogP contribution in [-0.4, -0.2) is 32.7 Å². The highest BCUT2D eigenvalue weighted by Crippen LogP contribution is 2.33. The van der Waals surface area contributed by atoms with Crippen LogP contribution >= 0.6 is 15.9 Å². The summed E-state index contributed by atoms with van der Waals surface area (Å²) in [5.41, 5.74) is 0.762. The molecule has 0 unspecified atom stereocenters. The van der Waals surface area contributed by atoms with E-state index in [1.807, 2.05) is 6.07 Å². The number of hydrogen-bond acceptors (Lipinski definition) is 5. The van der Waals surface area contributed by atoms with Crippen LogP contribution in [0.15, 0.2) is 64.1 Å². The van der Waals surface area contributed by atoms with Crippen molar-refractivity contribution in [2.75, 3.05) is 6.54 Å². The van der Waals surface area contributed by atoms with E-state index >= 15 is 8.78 Å². The molecule has 10 heteroatoms. The van der Waals surface area contributed by atoms with Crippen LogP contribution in [0.4, 0.5) is 13.6 Å². The van der Waals surface area contributed by atoms with Gasteiger partial charge in [-0.1, -0.05) is 12.1 Å². The van der Waals surface area contributed by atoms with E-state index in [0.717, 1.165) is 14.6 Å². The zero-order valence-electron chi connectivity index (χ0n) is 20.8. The molecule has 0 saturated carbocycles. The third-order valence-corrected chi connectivity index (χ3v) is 6.27. The van der Waals surface area contributed by atoms with E-state index in [1.54, 1.807) is 39.1 Å². The second-order valence-electron chi connectivity index (χ2n) is 9.92. The van der Waals surface area contributed by atoms with Gasteiger partial charge in [-0.15, -0.1) is 0 Å². The first kappa shape index (κ1) is 26.8. The Balaban J connectivity index is 1.44. The van der Waals surface area contributed by atoms with Crippen molar-refractivity contribution in [2.24, 2.45) is 0 Å². The van der Waals surface area contributed by atoms with Crippen molar-refractivity contribution in [2.45, 2.75) is 58.4 Å². The first-order valence-corrected chi connectivity index (χ1v) is 12.6. The summed E-state index contributed by atoms with van der Waals surface area (Å²) in [6.07, 6.45) is 3.01. The number of alkyl halides is 2. The fourth-order valence-corrected chi connectivity index (χ4v) is 4.17. The first-order chi connectivity index (χ1) is 17.4. The van der Waals surface area contributed by atoms with E-state index in [-0.39, 0.29) is 24.5 Å². The van der Waals surface area contributed by atoms with Gasteiger partial charge in [0.2, 0.25) is 0 Å². The number of aromatic nitrogens is 2. The van der Waals surface area contributed by atoms with Crippen molar-refractivity contribution < 1.29 is 23.0 Å². The molecule has 1 aliphatic rings. The number of ether oxygens (including phenoxy) is 2. The highest BCUT2D eigenvalue weighted by atomic mass is 79.9. The number of fused-ring (bicyclic) bond motifs is 1. The second-order valence-corrected chi connectivity index (χ2v) is 10.8. The molecule has 4 rings (SSSR count). The average molecular weight is 576 g/mol. The van der Waals surface area contributed by atoms with Crippen molar-refractivity contribution >= 4 is 22.0 Å². The Kier molecular flexibility index (Phi) is 7.68. The van der Waals surface area contributed by atoms with Crippen molar-refractivity contribution in [1.29, 1.82) is 0 Å². The largest absolute Gasteiger partial charge is 0.487 e. The molecule has 37 heavy (non-hydrogen) atoms. The van der Waals surface area contributed by atoms with E-state index in [0.29, 0.717) is 24.2 Å². The summed E-state index contributed by atoms with van der Waals surface area (Å²) >= 11 is 3.31. The lowest BCUT2D eigenvalue weighted by molar-refractivity contribution is -0.0233. The van der Waals surface area contributed by atoms with Gasteiger partial charge >= 0.3 is 6.09 Å². The van der Waals surface area contributed by atoms with Gasteiger partial charge in [-0.2, -0.15) is 8.78 Å². The van der Waals surface area contributed by atoms with Crippen molar-refractivity contribution in [3.8, 4) is 5.75 Å². The summed E-state index contributed by atoms with van der Waals surface area (Å²) in [5, 5.41) is 0. The predicted molar refractivity (Wildman–Crippen MR) is 138 cm³/mol. The smallest absolute Gasteiger partial charge is 0.410 e. The molecule has 0 aliphatic carbocycles. The number of nitrogens with zero attached hydrogens (tertiary/aromatic N) is 3. The summed E-state index contributed by atoms with van der Waals surface area (Å²) in [6.45, 7) is 5.30. The van der Waals surface area contributed by atoms with Gasteiger partial charge < -0.3 is 18.9 Å². The molecule has 3 aromatic rings. The Morgan fingerprint density at radius 1 is 1.11 bits per heavy atom. The van der Waals surface area contributed by atoms with Gasteiger partial charge in [0.25, 0.3) is 11.5 Å². The van der Waals surface area contributed by atoms with E-state index in [2.05, 4.69) is 20.9 Å². The molecule has 7 nitrogen and oxygen atoms in total. The highest BCUT2D eigenvalue weighted by Gasteiger charge is 2.34. The van der Waals surface area contributed by atoms with Gasteiger partial charge in [0.1, 0.15) is 18.0 Å². The quantitative estimate of drug-likeness (QED) is 0.378. The molecule has 196 valence electrons. The van der Waals surface area contributed by atoms with Gasteiger partial charge in [-0.05, 0) is 78.5 Å². The lowest BCUT2D eigenvalue weighted by atomic mass is 9.95. The molecule has 0 bridgehead atoms. The SMILES string of the molecule is CC(C)(C)OC(=O)N1CCc2ccc(C(F)(F)Cn3ccc(OCc4ccc(Br)cn4)cc3=O)cc2C1. The number of hydrogen-bond donors (Lipinski definition) is 0. The molecule has 1 amide bonds. The van der Waals surface area contributed by atoms with Crippen molar-refractivity contribution in [3.05, 3.63) is 92.1 Å². The third kappa shape index (κ3) is 6.94. The summed E-state index contributed by atoms with van der Waals surface area (Å²) < 4.78 is 43.3. The Morgan fingerprint density at radius 2 is 1.89 bits per heavy atom. The van der Waals surface area contributed by atoms with Crippen LogP contribution in [0.2, 0.25) is 0 Å². The van der Waals surface area contributed by atoms with Gasteiger partial charge in [-0.3, -0.25) is 9.78 Å². The number of halogens is 3. The summed E-state index contributed by atoms with van der Waals surface area (Å²) in [5.74, 6) is -3.04. The Morgan fingerprint density at radius 3 is 2.57 bits per heavy atom. The molecule has 2 aromatic heterocycles. The zero-order chi connectivity index (χ0) is 26.8. The van der Waals surface area contributed by atoms with Crippen LogP contribution in [0, 0.1) is 0 Å². The molecule has 0 fully saturated rings. The molecule has 1 aliphatic heterocycles. The van der Waals surface area contributed by atoms with Crippen LogP contribution in [-0.2, 0) is 36.8 Å². The Hall–Kier alpha value is -3.27. The standard InChI is InChI=1S/C27H28BrF2N3O4/c1-26(2,3)37-25(35)32-10-8-18-4-5-20(12-19(18)15-32)27(29,30)17-33-11-9-23(13-24(33)34)36-16-22-7-6-21(28)14-31-22/h4-7,9,11-14H,8,10,15-17H2,1-3H3. The highest BCUT2D eigenvalue weighted by molar-refractivity contribution is 9.10. The molecule has 0 N–H and O–H groups in total. The molecule has 0 saturated heterocycles. The minimum absolute atomic E-state index is 0.141. The average Bonchev–Trinajstić information content (AvgIpc) is 2.83. The maximum absolute atomic E-state index is 15.3. The molecule has 1 aromatic carbocycles. The van der Waals surface area contributed by atoms with E-state index in [9.17, 15) is 9.59 Å². The molecule has 3 heterocycles. The van der Waals surface area contributed by atoms with E-state index < -0.39 is 29.7 Å². The monoisotopic (exact) mass is 575 g/mol. The van der Waals surface area contributed by atoms with Gasteiger partial charge in [-0.25, -0.2) is 4.79 Å². The van der Waals surface area contributed by atoms with Crippen molar-refractivity contribution in [3.63, 3.8) is 0 Å². The second kappa shape index (κ2) is 10.6. The summed E-state index contributed by atoms with van der Waals surface area (Å²) in [6, 6.07) is 10.7. The van der Waals surface area contributed by atoms with Gasteiger partial charge in [0.15, 0.2) is 0 Å². The molecular formula is C27H28BrF2N3O4. The molecule has 0 spiro atoms.